The molecule has 0 aromatic carbocycles. The van der Waals surface area contributed by atoms with Gasteiger partial charge in [-0.05, 0) is 18.6 Å². The van der Waals surface area contributed by atoms with Gasteiger partial charge >= 0.3 is 0 Å². The number of morpholine rings is 1. The van der Waals surface area contributed by atoms with E-state index < -0.39 is 0 Å². The average Bonchev–Trinajstić information content (AvgIpc) is 2.45. The Kier molecular flexibility index (Phi) is 5.11. The molecule has 1 amide bonds. The number of ether oxygens (including phenoxy) is 1. The highest BCUT2D eigenvalue weighted by Crippen LogP contribution is 1.99. The highest BCUT2D eigenvalue weighted by molar-refractivity contribution is 5.76. The fraction of sp³-hybridized carbons (Fsp3) is 0.538. The molecule has 5 heteroatoms. The topological polar surface area (TPSA) is 63.2 Å². The van der Waals surface area contributed by atoms with Crippen LogP contribution in [0.2, 0.25) is 0 Å². The minimum atomic E-state index is 0.0508. The zero-order valence-electron chi connectivity index (χ0n) is 10.4. The second-order valence-electron chi connectivity index (χ2n) is 4.32. The summed E-state index contributed by atoms with van der Waals surface area (Å²) in [6.45, 7) is 2.99. The van der Waals surface area contributed by atoms with Gasteiger partial charge in [0.1, 0.15) is 0 Å². The number of carbonyl (C=O) groups is 1. The zero-order chi connectivity index (χ0) is 12.6. The number of carbonyl (C=O) groups excluding carboxylic acids is 1. The van der Waals surface area contributed by atoms with Gasteiger partial charge in [0.25, 0.3) is 0 Å². The van der Waals surface area contributed by atoms with Crippen LogP contribution in [-0.2, 0) is 16.0 Å². The first kappa shape index (κ1) is 13.0. The first-order valence-electron chi connectivity index (χ1n) is 6.33. The van der Waals surface area contributed by atoms with E-state index >= 15 is 0 Å². The molecule has 1 saturated heterocycles. The third-order valence-corrected chi connectivity index (χ3v) is 2.87. The second-order valence-corrected chi connectivity index (χ2v) is 4.32. The standard InChI is InChI=1S/C13H19N3O2/c17-13(5-4-11-3-1-2-6-15-11)16-10-12-9-14-7-8-18-12/h1-3,6,12,14H,4-5,7-10H2,(H,16,17). The molecule has 0 radical (unpaired) electrons. The fourth-order valence-corrected chi connectivity index (χ4v) is 1.85. The Labute approximate surface area is 107 Å². The van der Waals surface area contributed by atoms with Crippen LogP contribution in [0.3, 0.4) is 0 Å². The van der Waals surface area contributed by atoms with Gasteiger partial charge in [-0.15, -0.1) is 0 Å². The molecule has 98 valence electrons. The molecule has 1 aromatic heterocycles. The van der Waals surface area contributed by atoms with E-state index in [1.54, 1.807) is 6.20 Å². The molecule has 2 heterocycles. The lowest BCUT2D eigenvalue weighted by Crippen LogP contribution is -2.45. The van der Waals surface area contributed by atoms with Gasteiger partial charge in [-0.25, -0.2) is 0 Å². The SMILES string of the molecule is O=C(CCc1ccccn1)NCC1CNCCO1. The summed E-state index contributed by atoms with van der Waals surface area (Å²) in [5.41, 5.74) is 0.947. The van der Waals surface area contributed by atoms with Gasteiger partial charge in [-0.1, -0.05) is 6.07 Å². The lowest BCUT2D eigenvalue weighted by molar-refractivity contribution is -0.121. The molecule has 1 aliphatic rings. The van der Waals surface area contributed by atoms with Gasteiger partial charge in [0.05, 0.1) is 12.7 Å². The van der Waals surface area contributed by atoms with Crippen LogP contribution in [-0.4, -0.2) is 43.2 Å². The van der Waals surface area contributed by atoms with Gasteiger partial charge in [0, 0.05) is 37.9 Å². The molecule has 0 aliphatic carbocycles. The summed E-state index contributed by atoms with van der Waals surface area (Å²) in [5, 5.41) is 6.12. The summed E-state index contributed by atoms with van der Waals surface area (Å²) in [6.07, 6.45) is 2.99. The largest absolute Gasteiger partial charge is 0.374 e. The Morgan fingerprint density at radius 2 is 2.50 bits per heavy atom. The summed E-state index contributed by atoms with van der Waals surface area (Å²) in [7, 11) is 0. The van der Waals surface area contributed by atoms with Crippen molar-refractivity contribution in [1.29, 1.82) is 0 Å². The maximum absolute atomic E-state index is 11.6. The zero-order valence-corrected chi connectivity index (χ0v) is 10.4. The number of nitrogens with zero attached hydrogens (tertiary/aromatic N) is 1. The van der Waals surface area contributed by atoms with Crippen molar-refractivity contribution in [3.05, 3.63) is 30.1 Å². The smallest absolute Gasteiger partial charge is 0.220 e. The number of hydrogen-bond donors (Lipinski definition) is 2. The molecule has 1 aliphatic heterocycles. The van der Waals surface area contributed by atoms with E-state index in [0.29, 0.717) is 26.0 Å². The number of amides is 1. The number of hydrogen-bond acceptors (Lipinski definition) is 4. The maximum atomic E-state index is 11.6. The molecule has 18 heavy (non-hydrogen) atoms. The molecule has 2 rings (SSSR count). The third-order valence-electron chi connectivity index (χ3n) is 2.87. The van der Waals surface area contributed by atoms with Crippen LogP contribution >= 0.6 is 0 Å². The van der Waals surface area contributed by atoms with Gasteiger partial charge < -0.3 is 15.4 Å². The minimum Gasteiger partial charge on any atom is -0.374 e. The van der Waals surface area contributed by atoms with Crippen molar-refractivity contribution in [2.45, 2.75) is 18.9 Å². The van der Waals surface area contributed by atoms with E-state index in [9.17, 15) is 4.79 Å². The summed E-state index contributed by atoms with van der Waals surface area (Å²) < 4.78 is 5.50. The van der Waals surface area contributed by atoms with Crippen molar-refractivity contribution >= 4 is 5.91 Å². The average molecular weight is 249 g/mol. The van der Waals surface area contributed by atoms with Crippen molar-refractivity contribution in [1.82, 2.24) is 15.6 Å². The van der Waals surface area contributed by atoms with Crippen molar-refractivity contribution in [2.75, 3.05) is 26.2 Å². The predicted molar refractivity (Wildman–Crippen MR) is 68.2 cm³/mol. The summed E-state index contributed by atoms with van der Waals surface area (Å²) in [6, 6.07) is 5.74. The Hall–Kier alpha value is -1.46. The van der Waals surface area contributed by atoms with E-state index in [1.807, 2.05) is 18.2 Å². The van der Waals surface area contributed by atoms with E-state index in [0.717, 1.165) is 18.8 Å². The number of aryl methyl sites for hydroxylation is 1. The number of pyridine rings is 1. The molecule has 1 aromatic rings. The van der Waals surface area contributed by atoms with Crippen LogP contribution in [0.15, 0.2) is 24.4 Å². The maximum Gasteiger partial charge on any atom is 0.220 e. The van der Waals surface area contributed by atoms with Crippen molar-refractivity contribution in [3.63, 3.8) is 0 Å². The highest BCUT2D eigenvalue weighted by Gasteiger charge is 2.14. The molecule has 0 spiro atoms. The Balaban J connectivity index is 1.63. The van der Waals surface area contributed by atoms with E-state index in [4.69, 9.17) is 4.74 Å². The van der Waals surface area contributed by atoms with Crippen LogP contribution in [0.25, 0.3) is 0 Å². The second kappa shape index (κ2) is 7.08. The first-order chi connectivity index (χ1) is 8.84. The molecular formula is C13H19N3O2. The van der Waals surface area contributed by atoms with Crippen molar-refractivity contribution in [2.24, 2.45) is 0 Å². The first-order valence-corrected chi connectivity index (χ1v) is 6.33. The molecule has 1 unspecified atom stereocenters. The molecule has 0 bridgehead atoms. The van der Waals surface area contributed by atoms with Crippen molar-refractivity contribution < 1.29 is 9.53 Å². The Bertz CT molecular complexity index is 364. The van der Waals surface area contributed by atoms with E-state index in [2.05, 4.69) is 15.6 Å². The van der Waals surface area contributed by atoms with Gasteiger partial charge in [0.15, 0.2) is 0 Å². The summed E-state index contributed by atoms with van der Waals surface area (Å²) in [5.74, 6) is 0.0508. The minimum absolute atomic E-state index is 0.0508. The van der Waals surface area contributed by atoms with Crippen LogP contribution in [0, 0.1) is 0 Å². The fourth-order valence-electron chi connectivity index (χ4n) is 1.85. The lowest BCUT2D eigenvalue weighted by Gasteiger charge is -2.23. The summed E-state index contributed by atoms with van der Waals surface area (Å²) >= 11 is 0. The number of aromatic nitrogens is 1. The number of nitrogens with one attached hydrogen (secondary N) is 2. The van der Waals surface area contributed by atoms with Gasteiger partial charge in [0.2, 0.25) is 5.91 Å². The van der Waals surface area contributed by atoms with E-state index in [1.165, 1.54) is 0 Å². The quantitative estimate of drug-likeness (QED) is 0.778. The molecule has 2 N–H and O–H groups in total. The van der Waals surface area contributed by atoms with Crippen LogP contribution in [0.5, 0.6) is 0 Å². The van der Waals surface area contributed by atoms with Crippen LogP contribution in [0.4, 0.5) is 0 Å². The predicted octanol–water partition coefficient (Wildman–Crippen LogP) is 0.119. The lowest BCUT2D eigenvalue weighted by atomic mass is 10.2. The monoisotopic (exact) mass is 249 g/mol. The Morgan fingerprint density at radius 3 is 3.22 bits per heavy atom. The van der Waals surface area contributed by atoms with Gasteiger partial charge in [-0.3, -0.25) is 9.78 Å². The van der Waals surface area contributed by atoms with E-state index in [-0.39, 0.29) is 12.0 Å². The highest BCUT2D eigenvalue weighted by atomic mass is 16.5. The normalized spacial score (nSPS) is 19.4. The molecule has 1 atom stereocenters. The molecule has 1 fully saturated rings. The molecular weight excluding hydrogens is 230 g/mol. The Morgan fingerprint density at radius 1 is 1.56 bits per heavy atom. The third kappa shape index (κ3) is 4.43. The molecule has 0 saturated carbocycles. The van der Waals surface area contributed by atoms with Crippen LogP contribution in [0.1, 0.15) is 12.1 Å². The number of rotatable bonds is 5. The van der Waals surface area contributed by atoms with Crippen LogP contribution < -0.4 is 10.6 Å². The van der Waals surface area contributed by atoms with Gasteiger partial charge in [-0.2, -0.15) is 0 Å². The summed E-state index contributed by atoms with van der Waals surface area (Å²) in [4.78, 5) is 15.8. The van der Waals surface area contributed by atoms with Crippen molar-refractivity contribution in [3.8, 4) is 0 Å². The molecule has 5 nitrogen and oxygen atoms in total.